The smallest absolute Gasteiger partial charge is 0.264 e. The first-order valence-corrected chi connectivity index (χ1v) is 6.41. The SMILES string of the molecule is [Mg+2].[O-][Br+3]([O-])([O-])[O-].[O-][Br+3]([O-])([O-])[O-]. The van der Waals surface area contributed by atoms with E-state index >= 15 is 0 Å². The Bertz CT molecular complexity index is 55.1. The Kier molecular flexibility index (Phi) is 11.4. The number of rotatable bonds is 0. The van der Waals surface area contributed by atoms with E-state index < -0.39 is 28.2 Å². The second-order valence-electron chi connectivity index (χ2n) is 0.756. The van der Waals surface area contributed by atoms with Crippen molar-refractivity contribution in [3.05, 3.63) is 0 Å². The molecule has 0 N–H and O–H groups in total. The fourth-order valence-corrected chi connectivity index (χ4v) is 0. The maximum absolute atomic E-state index is 8.58. The van der Waals surface area contributed by atoms with Crippen LogP contribution in [0.4, 0.5) is 0 Å². The van der Waals surface area contributed by atoms with E-state index in [1.54, 1.807) is 0 Å². The molecule has 0 atom stereocenters. The van der Waals surface area contributed by atoms with Crippen LogP contribution in [-0.2, 0) is 0 Å². The fraction of sp³-hybridized carbons (Fsp3) is 0. The molecule has 0 bridgehead atoms. The average Bonchev–Trinajstić information content (AvgIpc) is 1.12. The molecule has 0 heterocycles. The van der Waals surface area contributed by atoms with E-state index in [0.717, 1.165) is 0 Å². The molecular formula is Br2MgO8. The monoisotopic (exact) mass is 310 g/mol. The molecule has 0 aromatic rings. The number of halogens is 2. The molecule has 0 saturated heterocycles. The summed E-state index contributed by atoms with van der Waals surface area (Å²) in [6.45, 7) is 0. The van der Waals surface area contributed by atoms with E-state index in [1.165, 1.54) is 0 Å². The van der Waals surface area contributed by atoms with E-state index in [9.17, 15) is 0 Å². The molecule has 0 rings (SSSR count). The largest absolute Gasteiger partial charge is 2.00 e. The molecule has 0 amide bonds. The average molecular weight is 312 g/mol. The molecule has 0 aliphatic heterocycles. The third kappa shape index (κ3) is 510. The van der Waals surface area contributed by atoms with Crippen LogP contribution in [0.3, 0.4) is 0 Å². The molecule has 11 heteroatoms. The number of hydrogen-bond acceptors (Lipinski definition) is 8. The van der Waals surface area contributed by atoms with Crippen molar-refractivity contribution in [3.8, 4) is 0 Å². The topological polar surface area (TPSA) is 184 Å². The van der Waals surface area contributed by atoms with Gasteiger partial charge in [-0.3, -0.25) is 33.6 Å². The van der Waals surface area contributed by atoms with Gasteiger partial charge < -0.3 is 0 Å². The first-order chi connectivity index (χ1) is 4.00. The zero-order valence-electron chi connectivity index (χ0n) is 4.73. The molecule has 11 heavy (non-hydrogen) atoms. The van der Waals surface area contributed by atoms with Gasteiger partial charge in [-0.2, -0.15) is 0 Å². The van der Waals surface area contributed by atoms with E-state index in [1.807, 2.05) is 0 Å². The van der Waals surface area contributed by atoms with Gasteiger partial charge in [-0.25, -0.2) is 0 Å². The van der Waals surface area contributed by atoms with Gasteiger partial charge in [-0.05, 0) is 0 Å². The van der Waals surface area contributed by atoms with Gasteiger partial charge in [0.2, 0.25) is 0 Å². The quantitative estimate of drug-likeness (QED) is 0.394. The Morgan fingerprint density at radius 2 is 0.455 bits per heavy atom. The maximum atomic E-state index is 8.58. The summed E-state index contributed by atoms with van der Waals surface area (Å²) in [5, 5.41) is 0. The van der Waals surface area contributed by atoms with E-state index in [2.05, 4.69) is 0 Å². The van der Waals surface area contributed by atoms with Gasteiger partial charge >= 0.3 is 23.1 Å². The minimum Gasteiger partial charge on any atom is -0.264 e. The van der Waals surface area contributed by atoms with E-state index in [0.29, 0.717) is 0 Å². The predicted octanol–water partition coefficient (Wildman–Crippen LogP) is -9.89. The second-order valence-corrected chi connectivity index (χ2v) is 3.93. The molecule has 0 fully saturated rings. The molecule has 0 aromatic carbocycles. The summed E-state index contributed by atoms with van der Waals surface area (Å²) >= 11 is -11.2. The van der Waals surface area contributed by atoms with Gasteiger partial charge in [0.05, 0.1) is 28.2 Å². The van der Waals surface area contributed by atoms with E-state index in [4.69, 9.17) is 33.6 Å². The van der Waals surface area contributed by atoms with Crippen LogP contribution in [-0.4, -0.2) is 23.1 Å². The summed E-state index contributed by atoms with van der Waals surface area (Å²) < 4.78 is 68.6. The van der Waals surface area contributed by atoms with E-state index in [-0.39, 0.29) is 23.1 Å². The van der Waals surface area contributed by atoms with Crippen molar-refractivity contribution >= 4 is 23.1 Å². The van der Waals surface area contributed by atoms with Crippen molar-refractivity contribution in [2.75, 3.05) is 0 Å². The number of hydrogen-bond donors (Lipinski definition) is 0. The summed E-state index contributed by atoms with van der Waals surface area (Å²) in [5.74, 6) is 0. The Labute approximate surface area is 84.5 Å². The van der Waals surface area contributed by atoms with Crippen LogP contribution in [0, 0.1) is 28.2 Å². The van der Waals surface area contributed by atoms with Crippen LogP contribution in [0.15, 0.2) is 0 Å². The first-order valence-electron chi connectivity index (χ1n) is 1.23. The molecule has 0 radical (unpaired) electrons. The summed E-state index contributed by atoms with van der Waals surface area (Å²) in [6, 6.07) is 0. The van der Waals surface area contributed by atoms with Gasteiger partial charge in [-0.15, -0.1) is 0 Å². The normalized spacial score (nSPS) is 10.9. The van der Waals surface area contributed by atoms with Gasteiger partial charge in [0, 0.05) is 0 Å². The van der Waals surface area contributed by atoms with Gasteiger partial charge in [0.1, 0.15) is 0 Å². The second kappa shape index (κ2) is 6.87. The summed E-state index contributed by atoms with van der Waals surface area (Å²) in [5.41, 5.74) is 0. The van der Waals surface area contributed by atoms with Crippen LogP contribution < -0.4 is 33.6 Å². The van der Waals surface area contributed by atoms with Crippen molar-refractivity contribution in [3.63, 3.8) is 0 Å². The zero-order chi connectivity index (χ0) is 9.00. The third-order valence-electron chi connectivity index (χ3n) is 0. The van der Waals surface area contributed by atoms with Crippen LogP contribution in [0.2, 0.25) is 0 Å². The zero-order valence-corrected chi connectivity index (χ0v) is 9.32. The molecule has 0 unspecified atom stereocenters. The van der Waals surface area contributed by atoms with Gasteiger partial charge in [-0.1, -0.05) is 0 Å². The molecule has 0 aromatic heterocycles. The van der Waals surface area contributed by atoms with Crippen LogP contribution in [0.25, 0.3) is 0 Å². The first kappa shape index (κ1) is 18.2. The minimum absolute atomic E-state index is 0. The molecule has 64 valence electrons. The summed E-state index contributed by atoms with van der Waals surface area (Å²) in [4.78, 5) is 0. The molecule has 0 saturated carbocycles. The van der Waals surface area contributed by atoms with Crippen molar-refractivity contribution in [2.45, 2.75) is 0 Å². The van der Waals surface area contributed by atoms with Crippen molar-refractivity contribution in [1.29, 1.82) is 0 Å². The molecule has 0 aliphatic carbocycles. The molecular weight excluding hydrogens is 312 g/mol. The molecule has 8 nitrogen and oxygen atoms in total. The van der Waals surface area contributed by atoms with Crippen LogP contribution in [0.1, 0.15) is 0 Å². The van der Waals surface area contributed by atoms with Crippen molar-refractivity contribution in [2.24, 2.45) is 0 Å². The van der Waals surface area contributed by atoms with Crippen LogP contribution >= 0.6 is 0 Å². The molecule has 0 spiro atoms. The van der Waals surface area contributed by atoms with Crippen molar-refractivity contribution in [1.82, 2.24) is 0 Å². The van der Waals surface area contributed by atoms with Gasteiger partial charge in [0.15, 0.2) is 0 Å². The van der Waals surface area contributed by atoms with Crippen molar-refractivity contribution < 1.29 is 61.8 Å². The third-order valence-corrected chi connectivity index (χ3v) is 0. The Morgan fingerprint density at radius 1 is 0.455 bits per heavy atom. The standard InChI is InChI=1S/2BrO4.Mg/c2*2-1(3,4)5;/q2*-1;+2. The van der Waals surface area contributed by atoms with Gasteiger partial charge in [0.25, 0.3) is 0 Å². The Balaban J connectivity index is -0.000000107. The maximum Gasteiger partial charge on any atom is 2.00 e. The Morgan fingerprint density at radius 3 is 0.455 bits per heavy atom. The fourth-order valence-electron chi connectivity index (χ4n) is 0. The summed E-state index contributed by atoms with van der Waals surface area (Å²) in [6.07, 6.45) is 0. The van der Waals surface area contributed by atoms with Crippen LogP contribution in [0.5, 0.6) is 0 Å². The minimum atomic E-state index is -5.62. The molecule has 0 aliphatic rings. The Hall–Kier alpha value is 1.41. The summed E-state index contributed by atoms with van der Waals surface area (Å²) in [7, 11) is 0. The predicted molar refractivity (Wildman–Crippen MR) is 5.75 cm³/mol.